The third-order valence-electron chi connectivity index (χ3n) is 3.70. The molecule has 8 nitrogen and oxygen atoms in total. The highest BCUT2D eigenvalue weighted by atomic mass is 16.5. The van der Waals surface area contributed by atoms with Gasteiger partial charge in [-0.15, -0.1) is 0 Å². The molecule has 1 aromatic heterocycles. The maximum Gasteiger partial charge on any atom is 0.238 e. The van der Waals surface area contributed by atoms with Crippen molar-refractivity contribution in [3.8, 4) is 45.8 Å². The minimum absolute atomic E-state index is 0.177. The Kier molecular flexibility index (Phi) is 3.80. The first-order valence-corrected chi connectivity index (χ1v) is 7.05. The Hall–Kier alpha value is -3.55. The zero-order valence-electron chi connectivity index (χ0n) is 13.2. The van der Waals surface area contributed by atoms with Gasteiger partial charge in [-0.25, -0.2) is 0 Å². The quantitative estimate of drug-likeness (QED) is 0.568. The van der Waals surface area contributed by atoms with E-state index in [0.717, 1.165) is 6.07 Å². The molecule has 130 valence electrons. The zero-order valence-corrected chi connectivity index (χ0v) is 13.2. The van der Waals surface area contributed by atoms with Crippen LogP contribution in [-0.2, 0) is 0 Å². The van der Waals surface area contributed by atoms with E-state index in [0.29, 0.717) is 0 Å². The Labute approximate surface area is 140 Å². The molecule has 0 saturated carbocycles. The topological polar surface area (TPSA) is 130 Å². The smallest absolute Gasteiger partial charge is 0.238 e. The molecule has 2 aromatic carbocycles. The summed E-state index contributed by atoms with van der Waals surface area (Å²) in [6.07, 6.45) is 0. The van der Waals surface area contributed by atoms with E-state index in [1.807, 2.05) is 0 Å². The number of benzene rings is 2. The summed E-state index contributed by atoms with van der Waals surface area (Å²) in [5.41, 5.74) is -0.977. The van der Waals surface area contributed by atoms with E-state index < -0.39 is 22.7 Å². The standard InChI is InChI=1S/C17H14O8/c1-23-11-4-3-7(5-8(11)18)15-14(22)13(21)12-9(19)6-10(20)16(24-2)17(12)25-15/h3-6,18-20,22H,1-2H3. The predicted molar refractivity (Wildman–Crippen MR) is 87.7 cm³/mol. The van der Waals surface area contributed by atoms with Gasteiger partial charge >= 0.3 is 0 Å². The third-order valence-corrected chi connectivity index (χ3v) is 3.70. The lowest BCUT2D eigenvalue weighted by Crippen LogP contribution is -2.04. The van der Waals surface area contributed by atoms with Crippen LogP contribution in [-0.4, -0.2) is 34.6 Å². The third kappa shape index (κ3) is 2.44. The normalized spacial score (nSPS) is 10.8. The Morgan fingerprint density at radius 2 is 1.64 bits per heavy atom. The highest BCUT2D eigenvalue weighted by Gasteiger charge is 2.23. The molecule has 0 spiro atoms. The lowest BCUT2D eigenvalue weighted by Gasteiger charge is -2.12. The molecular weight excluding hydrogens is 332 g/mol. The second kappa shape index (κ2) is 5.82. The molecule has 0 aliphatic carbocycles. The van der Waals surface area contributed by atoms with E-state index >= 15 is 0 Å². The molecule has 0 bridgehead atoms. The Bertz CT molecular complexity index is 1040. The van der Waals surface area contributed by atoms with E-state index in [2.05, 4.69) is 0 Å². The van der Waals surface area contributed by atoms with Crippen molar-refractivity contribution >= 4 is 11.0 Å². The van der Waals surface area contributed by atoms with E-state index in [1.54, 1.807) is 0 Å². The molecule has 0 unspecified atom stereocenters. The first-order valence-electron chi connectivity index (χ1n) is 7.05. The zero-order chi connectivity index (χ0) is 18.3. The summed E-state index contributed by atoms with van der Waals surface area (Å²) in [7, 11) is 2.62. The van der Waals surface area contributed by atoms with Gasteiger partial charge in [-0.05, 0) is 18.2 Å². The molecule has 3 aromatic rings. The SMILES string of the molecule is COc1ccc(-c2oc3c(OC)c(O)cc(O)c3c(=O)c2O)cc1O. The van der Waals surface area contributed by atoms with Crippen molar-refractivity contribution in [1.29, 1.82) is 0 Å². The fourth-order valence-corrected chi connectivity index (χ4v) is 2.53. The summed E-state index contributed by atoms with van der Waals surface area (Å²) in [5.74, 6) is -2.25. The molecule has 0 saturated heterocycles. The number of aromatic hydroxyl groups is 4. The van der Waals surface area contributed by atoms with Gasteiger partial charge in [-0.3, -0.25) is 4.79 Å². The second-order valence-electron chi connectivity index (χ2n) is 5.15. The number of rotatable bonds is 3. The second-order valence-corrected chi connectivity index (χ2v) is 5.15. The summed E-state index contributed by atoms with van der Waals surface area (Å²) in [4.78, 5) is 12.4. The maximum absolute atomic E-state index is 12.4. The summed E-state index contributed by atoms with van der Waals surface area (Å²) in [6.45, 7) is 0. The predicted octanol–water partition coefficient (Wildman–Crippen LogP) is 2.30. The number of ether oxygens (including phenoxy) is 2. The van der Waals surface area contributed by atoms with Crippen molar-refractivity contribution in [2.75, 3.05) is 14.2 Å². The Balaban J connectivity index is 2.39. The summed E-state index contributed by atoms with van der Waals surface area (Å²) >= 11 is 0. The van der Waals surface area contributed by atoms with Crippen molar-refractivity contribution < 1.29 is 34.3 Å². The fourth-order valence-electron chi connectivity index (χ4n) is 2.53. The van der Waals surface area contributed by atoms with Crippen LogP contribution in [0.5, 0.6) is 34.5 Å². The first kappa shape index (κ1) is 16.3. The number of hydrogen-bond acceptors (Lipinski definition) is 8. The summed E-state index contributed by atoms with van der Waals surface area (Å²) < 4.78 is 15.5. The van der Waals surface area contributed by atoms with Crippen LogP contribution in [0.2, 0.25) is 0 Å². The van der Waals surface area contributed by atoms with E-state index in [1.165, 1.54) is 32.4 Å². The minimum Gasteiger partial charge on any atom is -0.507 e. The molecule has 25 heavy (non-hydrogen) atoms. The van der Waals surface area contributed by atoms with Crippen LogP contribution in [0, 0.1) is 0 Å². The first-order chi connectivity index (χ1) is 11.9. The van der Waals surface area contributed by atoms with Crippen molar-refractivity contribution in [3.05, 3.63) is 34.5 Å². The van der Waals surface area contributed by atoms with Crippen molar-refractivity contribution in [2.24, 2.45) is 0 Å². The van der Waals surface area contributed by atoms with E-state index in [4.69, 9.17) is 13.9 Å². The lowest BCUT2D eigenvalue weighted by atomic mass is 10.1. The lowest BCUT2D eigenvalue weighted by molar-refractivity contribution is 0.365. The molecule has 4 N–H and O–H groups in total. The van der Waals surface area contributed by atoms with Crippen LogP contribution in [0.3, 0.4) is 0 Å². The van der Waals surface area contributed by atoms with Gasteiger partial charge < -0.3 is 34.3 Å². The van der Waals surface area contributed by atoms with Gasteiger partial charge in [0.2, 0.25) is 16.9 Å². The average Bonchev–Trinajstić information content (AvgIpc) is 2.57. The van der Waals surface area contributed by atoms with Crippen molar-refractivity contribution in [3.63, 3.8) is 0 Å². The van der Waals surface area contributed by atoms with Gasteiger partial charge in [-0.1, -0.05) is 0 Å². The van der Waals surface area contributed by atoms with Crippen LogP contribution in [0.15, 0.2) is 33.5 Å². The number of phenolic OH excluding ortho intramolecular Hbond substituents is 3. The molecule has 0 aliphatic rings. The van der Waals surface area contributed by atoms with Gasteiger partial charge in [-0.2, -0.15) is 0 Å². The Morgan fingerprint density at radius 3 is 2.24 bits per heavy atom. The van der Waals surface area contributed by atoms with Crippen molar-refractivity contribution in [2.45, 2.75) is 0 Å². The highest BCUT2D eigenvalue weighted by Crippen LogP contribution is 2.43. The van der Waals surface area contributed by atoms with Crippen LogP contribution >= 0.6 is 0 Å². The highest BCUT2D eigenvalue weighted by molar-refractivity contribution is 5.93. The molecule has 0 atom stereocenters. The number of fused-ring (bicyclic) bond motifs is 1. The average molecular weight is 346 g/mol. The molecule has 0 fully saturated rings. The van der Waals surface area contributed by atoms with Gasteiger partial charge in [0.15, 0.2) is 28.6 Å². The molecule has 0 amide bonds. The van der Waals surface area contributed by atoms with Crippen LogP contribution in [0.25, 0.3) is 22.3 Å². The van der Waals surface area contributed by atoms with Crippen LogP contribution < -0.4 is 14.9 Å². The van der Waals surface area contributed by atoms with Gasteiger partial charge in [0.1, 0.15) is 11.1 Å². The van der Waals surface area contributed by atoms with E-state index in [9.17, 15) is 25.2 Å². The molecule has 1 heterocycles. The Morgan fingerprint density at radius 1 is 0.920 bits per heavy atom. The van der Waals surface area contributed by atoms with Crippen LogP contribution in [0.4, 0.5) is 0 Å². The number of methoxy groups -OCH3 is 2. The largest absolute Gasteiger partial charge is 0.507 e. The van der Waals surface area contributed by atoms with Crippen LogP contribution in [0.1, 0.15) is 0 Å². The minimum atomic E-state index is -0.914. The van der Waals surface area contributed by atoms with Gasteiger partial charge in [0.05, 0.1) is 14.2 Å². The van der Waals surface area contributed by atoms with Crippen molar-refractivity contribution in [1.82, 2.24) is 0 Å². The molecular formula is C17H14O8. The van der Waals surface area contributed by atoms with E-state index in [-0.39, 0.29) is 39.5 Å². The summed E-state index contributed by atoms with van der Waals surface area (Å²) in [5, 5.41) is 39.5. The summed E-state index contributed by atoms with van der Waals surface area (Å²) in [6, 6.07) is 5.02. The number of phenols is 3. The maximum atomic E-state index is 12.4. The molecule has 8 heteroatoms. The molecule has 0 radical (unpaired) electrons. The number of hydrogen-bond donors (Lipinski definition) is 4. The molecule has 3 rings (SSSR count). The fraction of sp³-hybridized carbons (Fsp3) is 0.118. The monoisotopic (exact) mass is 346 g/mol. The van der Waals surface area contributed by atoms with Gasteiger partial charge in [0.25, 0.3) is 0 Å². The van der Waals surface area contributed by atoms with Gasteiger partial charge in [0, 0.05) is 11.6 Å². The molecule has 0 aliphatic heterocycles.